The summed E-state index contributed by atoms with van der Waals surface area (Å²) in [7, 11) is 0. The van der Waals surface area contributed by atoms with Crippen molar-refractivity contribution in [3.63, 3.8) is 0 Å². The Balaban J connectivity index is 2.07. The molecule has 106 valence electrons. The van der Waals surface area contributed by atoms with E-state index in [1.807, 2.05) is 18.7 Å². The zero-order valence-corrected chi connectivity index (χ0v) is 12.3. The lowest BCUT2D eigenvalue weighted by Gasteiger charge is -2.17. The Kier molecular flexibility index (Phi) is 8.46. The summed E-state index contributed by atoms with van der Waals surface area (Å²) in [6.45, 7) is 7.16. The summed E-state index contributed by atoms with van der Waals surface area (Å²) in [6, 6.07) is 0. The molecule has 0 atom stereocenters. The average molecular weight is 275 g/mol. The highest BCUT2D eigenvalue weighted by atomic mass is 32.2. The van der Waals surface area contributed by atoms with Gasteiger partial charge in [-0.25, -0.2) is 0 Å². The van der Waals surface area contributed by atoms with Gasteiger partial charge in [-0.15, -0.1) is 0 Å². The Bertz CT molecular complexity index is 226. The quantitative estimate of drug-likeness (QED) is 0.477. The molecule has 4 nitrogen and oxygen atoms in total. The van der Waals surface area contributed by atoms with Crippen LogP contribution < -0.4 is 0 Å². The number of carbonyl (C=O) groups excluding carboxylic acids is 1. The first-order valence-electron chi connectivity index (χ1n) is 6.86. The van der Waals surface area contributed by atoms with E-state index in [-0.39, 0.29) is 12.2 Å². The molecule has 1 fully saturated rings. The predicted octanol–water partition coefficient (Wildman–Crippen LogP) is 2.13. The van der Waals surface area contributed by atoms with Crippen molar-refractivity contribution in [2.24, 2.45) is 0 Å². The summed E-state index contributed by atoms with van der Waals surface area (Å²) < 4.78 is 10.9. The monoisotopic (exact) mass is 275 g/mol. The van der Waals surface area contributed by atoms with Crippen molar-refractivity contribution < 1.29 is 14.3 Å². The molecule has 0 spiro atoms. The molecule has 18 heavy (non-hydrogen) atoms. The summed E-state index contributed by atoms with van der Waals surface area (Å²) in [5.41, 5.74) is 0. The maximum atomic E-state index is 11.8. The summed E-state index contributed by atoms with van der Waals surface area (Å²) in [6.07, 6.45) is 3.05. The number of rotatable bonds is 9. The highest BCUT2D eigenvalue weighted by molar-refractivity contribution is 7.99. The minimum absolute atomic E-state index is 0.116. The molecular formula is C13H25NO3S. The van der Waals surface area contributed by atoms with Crippen molar-refractivity contribution >= 4 is 17.7 Å². The number of ether oxygens (including phenoxy) is 2. The number of likely N-dealkylation sites (tertiary alicyclic amines) is 1. The first kappa shape index (κ1) is 15.8. The van der Waals surface area contributed by atoms with E-state index in [4.69, 9.17) is 9.47 Å². The van der Waals surface area contributed by atoms with Crippen LogP contribution in [0.1, 0.15) is 33.1 Å². The third-order valence-corrected chi connectivity index (χ3v) is 3.86. The Labute approximate surface area is 114 Å². The Morgan fingerprint density at radius 3 is 2.39 bits per heavy atom. The van der Waals surface area contributed by atoms with E-state index in [9.17, 15) is 4.79 Å². The summed E-state index contributed by atoms with van der Waals surface area (Å²) in [5, 5.41) is 0. The first-order valence-corrected chi connectivity index (χ1v) is 8.02. The van der Waals surface area contributed by atoms with E-state index < -0.39 is 0 Å². The molecule has 0 aromatic heterocycles. The zero-order valence-electron chi connectivity index (χ0n) is 11.5. The van der Waals surface area contributed by atoms with Crippen LogP contribution >= 0.6 is 11.8 Å². The Hall–Kier alpha value is -0.260. The standard InChI is InChI=1S/C13H25NO3S/c1-3-16-13(17-4-2)7-10-18-11-12(15)14-8-5-6-9-14/h13H,3-11H2,1-2H3. The van der Waals surface area contributed by atoms with Crippen molar-refractivity contribution in [2.45, 2.75) is 39.4 Å². The molecule has 1 heterocycles. The minimum atomic E-state index is -0.116. The summed E-state index contributed by atoms with van der Waals surface area (Å²) in [5.74, 6) is 1.77. The maximum Gasteiger partial charge on any atom is 0.232 e. The van der Waals surface area contributed by atoms with Crippen LogP contribution in [0.25, 0.3) is 0 Å². The van der Waals surface area contributed by atoms with Crippen molar-refractivity contribution in [3.8, 4) is 0 Å². The van der Waals surface area contributed by atoms with Gasteiger partial charge in [0.1, 0.15) is 0 Å². The van der Waals surface area contributed by atoms with E-state index in [1.54, 1.807) is 11.8 Å². The molecule has 0 saturated carbocycles. The number of hydrogen-bond donors (Lipinski definition) is 0. The number of carbonyl (C=O) groups is 1. The molecule has 1 aliphatic rings. The second kappa shape index (κ2) is 9.64. The topological polar surface area (TPSA) is 38.8 Å². The lowest BCUT2D eigenvalue weighted by Crippen LogP contribution is -2.29. The van der Waals surface area contributed by atoms with Crippen LogP contribution in [-0.4, -0.2) is 54.9 Å². The van der Waals surface area contributed by atoms with Crippen LogP contribution in [0, 0.1) is 0 Å². The maximum absolute atomic E-state index is 11.8. The lowest BCUT2D eigenvalue weighted by molar-refractivity contribution is -0.136. The molecule has 0 radical (unpaired) electrons. The largest absolute Gasteiger partial charge is 0.353 e. The van der Waals surface area contributed by atoms with Gasteiger partial charge < -0.3 is 14.4 Å². The normalized spacial score (nSPS) is 15.6. The minimum Gasteiger partial charge on any atom is -0.353 e. The van der Waals surface area contributed by atoms with Gasteiger partial charge in [0.25, 0.3) is 0 Å². The summed E-state index contributed by atoms with van der Waals surface area (Å²) in [4.78, 5) is 13.8. The number of hydrogen-bond acceptors (Lipinski definition) is 4. The molecule has 0 aromatic carbocycles. The summed E-state index contributed by atoms with van der Waals surface area (Å²) >= 11 is 1.68. The number of nitrogens with zero attached hydrogens (tertiary/aromatic N) is 1. The smallest absolute Gasteiger partial charge is 0.232 e. The second-order valence-corrected chi connectivity index (χ2v) is 5.37. The molecule has 0 bridgehead atoms. The molecular weight excluding hydrogens is 250 g/mol. The number of amides is 1. The molecule has 1 rings (SSSR count). The van der Waals surface area contributed by atoms with Crippen molar-refractivity contribution in [1.82, 2.24) is 4.90 Å². The highest BCUT2D eigenvalue weighted by Gasteiger charge is 2.17. The van der Waals surface area contributed by atoms with Gasteiger partial charge in [-0.1, -0.05) is 0 Å². The fourth-order valence-corrected chi connectivity index (χ4v) is 2.84. The van der Waals surface area contributed by atoms with Gasteiger partial charge in [-0.2, -0.15) is 11.8 Å². The zero-order chi connectivity index (χ0) is 13.2. The molecule has 0 aliphatic carbocycles. The Morgan fingerprint density at radius 1 is 1.22 bits per heavy atom. The highest BCUT2D eigenvalue weighted by Crippen LogP contribution is 2.13. The van der Waals surface area contributed by atoms with E-state index in [1.165, 1.54) is 0 Å². The molecule has 0 unspecified atom stereocenters. The van der Waals surface area contributed by atoms with Gasteiger partial charge in [0.05, 0.1) is 5.75 Å². The second-order valence-electron chi connectivity index (χ2n) is 4.27. The van der Waals surface area contributed by atoms with Crippen LogP contribution in [0.2, 0.25) is 0 Å². The van der Waals surface area contributed by atoms with Gasteiger partial charge in [-0.05, 0) is 32.4 Å². The molecule has 1 saturated heterocycles. The van der Waals surface area contributed by atoms with Gasteiger partial charge >= 0.3 is 0 Å². The van der Waals surface area contributed by atoms with E-state index >= 15 is 0 Å². The predicted molar refractivity (Wildman–Crippen MR) is 74.8 cm³/mol. The van der Waals surface area contributed by atoms with E-state index in [2.05, 4.69) is 0 Å². The third-order valence-electron chi connectivity index (χ3n) is 2.89. The van der Waals surface area contributed by atoms with Crippen LogP contribution in [0.4, 0.5) is 0 Å². The van der Waals surface area contributed by atoms with Crippen molar-refractivity contribution in [3.05, 3.63) is 0 Å². The molecule has 0 N–H and O–H groups in total. The molecule has 5 heteroatoms. The lowest BCUT2D eigenvalue weighted by atomic mass is 10.4. The van der Waals surface area contributed by atoms with Crippen LogP contribution in [0.3, 0.4) is 0 Å². The van der Waals surface area contributed by atoms with E-state index in [0.717, 1.165) is 38.1 Å². The fraction of sp³-hybridized carbons (Fsp3) is 0.923. The Morgan fingerprint density at radius 2 is 1.83 bits per heavy atom. The molecule has 1 amide bonds. The fourth-order valence-electron chi connectivity index (χ4n) is 1.98. The average Bonchev–Trinajstić information content (AvgIpc) is 2.88. The third kappa shape index (κ3) is 6.07. The van der Waals surface area contributed by atoms with E-state index in [0.29, 0.717) is 19.0 Å². The van der Waals surface area contributed by atoms with Crippen LogP contribution in [-0.2, 0) is 14.3 Å². The van der Waals surface area contributed by atoms with Gasteiger partial charge in [0, 0.05) is 32.7 Å². The SMILES string of the molecule is CCOC(CCSCC(=O)N1CCCC1)OCC. The van der Waals surface area contributed by atoms with Gasteiger partial charge in [0.15, 0.2) is 6.29 Å². The van der Waals surface area contributed by atoms with Crippen LogP contribution in [0.5, 0.6) is 0 Å². The molecule has 0 aromatic rings. The molecule has 1 aliphatic heterocycles. The van der Waals surface area contributed by atoms with Crippen LogP contribution in [0.15, 0.2) is 0 Å². The van der Waals surface area contributed by atoms with Gasteiger partial charge in [-0.3, -0.25) is 4.79 Å². The van der Waals surface area contributed by atoms with Gasteiger partial charge in [0.2, 0.25) is 5.91 Å². The first-order chi connectivity index (χ1) is 8.77. The number of thioether (sulfide) groups is 1. The van der Waals surface area contributed by atoms with Crippen molar-refractivity contribution in [2.75, 3.05) is 37.8 Å². The van der Waals surface area contributed by atoms with Crippen molar-refractivity contribution in [1.29, 1.82) is 0 Å².